The maximum atomic E-state index is 11.6. The van der Waals surface area contributed by atoms with Crippen LogP contribution in [-0.4, -0.2) is 30.6 Å². The number of rotatable bonds is 4. The second kappa shape index (κ2) is 4.50. The van der Waals surface area contributed by atoms with Crippen molar-refractivity contribution in [2.75, 3.05) is 36.6 Å². The van der Waals surface area contributed by atoms with Gasteiger partial charge in [0.05, 0.1) is 0 Å². The van der Waals surface area contributed by atoms with E-state index in [0.29, 0.717) is 18.1 Å². The number of aromatic amines is 1. The molecule has 0 aliphatic rings. The average molecular weight is 209 g/mol. The molecule has 0 fully saturated rings. The van der Waals surface area contributed by atoms with Crippen LogP contribution < -0.4 is 21.5 Å². The normalized spacial score (nSPS) is 9.73. The minimum atomic E-state index is -0.267. The van der Waals surface area contributed by atoms with Crippen molar-refractivity contribution >= 4 is 17.5 Å². The van der Waals surface area contributed by atoms with Crippen LogP contribution in [0, 0.1) is 0 Å². The molecule has 1 aromatic heterocycles. The van der Waals surface area contributed by atoms with Crippen molar-refractivity contribution in [2.45, 2.75) is 0 Å². The highest BCUT2D eigenvalue weighted by Crippen LogP contribution is 2.17. The summed E-state index contributed by atoms with van der Waals surface area (Å²) < 4.78 is 0. The lowest BCUT2D eigenvalue weighted by Crippen LogP contribution is -2.27. The van der Waals surface area contributed by atoms with E-state index in [4.69, 9.17) is 5.73 Å². The molecule has 1 aromatic rings. The monoisotopic (exact) mass is 209 g/mol. The highest BCUT2D eigenvalue weighted by atomic mass is 16.1. The number of nitrogens with two attached hydrogens (primary N) is 1. The molecule has 1 rings (SSSR count). The molecule has 0 aliphatic heterocycles. The van der Waals surface area contributed by atoms with Gasteiger partial charge in [-0.25, -0.2) is 0 Å². The predicted octanol–water partition coefficient (Wildman–Crippen LogP) is 0.0160. The van der Waals surface area contributed by atoms with Crippen molar-refractivity contribution in [1.29, 1.82) is 0 Å². The van der Waals surface area contributed by atoms with E-state index < -0.39 is 0 Å². The highest BCUT2D eigenvalue weighted by Gasteiger charge is 2.12. The topological polar surface area (TPSA) is 87.0 Å². The fourth-order valence-electron chi connectivity index (χ4n) is 1.30. The minimum absolute atomic E-state index is 0.0973. The summed E-state index contributed by atoms with van der Waals surface area (Å²) in [6.07, 6.45) is 1.70. The van der Waals surface area contributed by atoms with E-state index in [9.17, 15) is 4.79 Å². The van der Waals surface area contributed by atoms with Crippen LogP contribution in [0.2, 0.25) is 0 Å². The molecule has 0 saturated heterocycles. The van der Waals surface area contributed by atoms with E-state index in [-0.39, 0.29) is 11.5 Å². The van der Waals surface area contributed by atoms with E-state index in [1.54, 1.807) is 25.1 Å². The molecule has 1 heterocycles. The third-order valence-electron chi connectivity index (χ3n) is 1.93. The summed E-state index contributed by atoms with van der Waals surface area (Å²) in [4.78, 5) is 19.8. The molecule has 0 atom stereocenters. The molecule has 0 spiro atoms. The first kappa shape index (κ1) is 11.1. The summed E-state index contributed by atoms with van der Waals surface area (Å²) in [5, 5.41) is 2.83. The first-order valence-electron chi connectivity index (χ1n) is 4.49. The van der Waals surface area contributed by atoms with E-state index in [1.807, 2.05) is 0 Å². The number of nitrogens with one attached hydrogen (secondary N) is 2. The van der Waals surface area contributed by atoms with Crippen molar-refractivity contribution < 1.29 is 0 Å². The Labute approximate surface area is 87.8 Å². The van der Waals surface area contributed by atoms with Gasteiger partial charge in [0.25, 0.3) is 5.56 Å². The zero-order valence-electron chi connectivity index (χ0n) is 8.87. The Hall–Kier alpha value is -1.98. The number of hydrogen-bond acceptors (Lipinski definition) is 5. The maximum absolute atomic E-state index is 11.6. The van der Waals surface area contributed by atoms with Gasteiger partial charge in [-0.3, -0.25) is 9.78 Å². The second-order valence-electron chi connectivity index (χ2n) is 3.07. The van der Waals surface area contributed by atoms with Crippen LogP contribution in [0.25, 0.3) is 0 Å². The molecule has 6 nitrogen and oxygen atoms in total. The fourth-order valence-corrected chi connectivity index (χ4v) is 1.30. The van der Waals surface area contributed by atoms with Gasteiger partial charge >= 0.3 is 0 Å². The lowest BCUT2D eigenvalue weighted by molar-refractivity contribution is 0.987. The Morgan fingerprint density at radius 1 is 1.73 bits per heavy atom. The average Bonchev–Trinajstić information content (AvgIpc) is 2.16. The van der Waals surface area contributed by atoms with Crippen LogP contribution in [0.4, 0.5) is 17.5 Å². The summed E-state index contributed by atoms with van der Waals surface area (Å²) in [6.45, 7) is 4.17. The second-order valence-corrected chi connectivity index (χ2v) is 3.07. The van der Waals surface area contributed by atoms with Crippen molar-refractivity contribution in [2.24, 2.45) is 0 Å². The number of aromatic nitrogens is 2. The lowest BCUT2D eigenvalue weighted by atomic mass is 10.4. The zero-order valence-corrected chi connectivity index (χ0v) is 8.87. The van der Waals surface area contributed by atoms with Crippen LogP contribution in [-0.2, 0) is 0 Å². The van der Waals surface area contributed by atoms with Gasteiger partial charge in [0.1, 0.15) is 5.69 Å². The minimum Gasteiger partial charge on any atom is -0.371 e. The van der Waals surface area contributed by atoms with E-state index >= 15 is 0 Å². The third kappa shape index (κ3) is 2.28. The van der Waals surface area contributed by atoms with Crippen molar-refractivity contribution in [1.82, 2.24) is 9.97 Å². The SMILES string of the molecule is C=CCN(C)c1c(NC)nc(N)[nH]c1=O. The predicted molar refractivity (Wildman–Crippen MR) is 62.3 cm³/mol. The van der Waals surface area contributed by atoms with E-state index in [0.717, 1.165) is 0 Å². The molecule has 0 aromatic carbocycles. The van der Waals surface area contributed by atoms with Gasteiger partial charge in [-0.15, -0.1) is 6.58 Å². The molecule has 0 saturated carbocycles. The molecule has 4 N–H and O–H groups in total. The molecule has 6 heteroatoms. The first-order valence-corrected chi connectivity index (χ1v) is 4.49. The highest BCUT2D eigenvalue weighted by molar-refractivity contribution is 5.65. The molecular weight excluding hydrogens is 194 g/mol. The third-order valence-corrected chi connectivity index (χ3v) is 1.93. The fraction of sp³-hybridized carbons (Fsp3) is 0.333. The van der Waals surface area contributed by atoms with Gasteiger partial charge in [-0.05, 0) is 0 Å². The van der Waals surface area contributed by atoms with Gasteiger partial charge < -0.3 is 16.0 Å². The van der Waals surface area contributed by atoms with Gasteiger partial charge in [-0.2, -0.15) is 4.98 Å². The van der Waals surface area contributed by atoms with E-state index in [1.165, 1.54) is 0 Å². The Morgan fingerprint density at radius 2 is 2.40 bits per heavy atom. The van der Waals surface area contributed by atoms with Crippen LogP contribution in [0.3, 0.4) is 0 Å². The van der Waals surface area contributed by atoms with Crippen molar-refractivity contribution in [3.05, 3.63) is 23.0 Å². The maximum Gasteiger partial charge on any atom is 0.278 e. The quantitative estimate of drug-likeness (QED) is 0.608. The van der Waals surface area contributed by atoms with Gasteiger partial charge in [0.2, 0.25) is 5.95 Å². The van der Waals surface area contributed by atoms with E-state index in [2.05, 4.69) is 21.9 Å². The molecule has 0 unspecified atom stereocenters. The summed E-state index contributed by atoms with van der Waals surface area (Å²) in [5.41, 5.74) is 5.62. The number of H-pyrrole nitrogens is 1. The summed E-state index contributed by atoms with van der Waals surface area (Å²) in [7, 11) is 3.47. The Kier molecular flexibility index (Phi) is 3.33. The Morgan fingerprint density at radius 3 is 2.93 bits per heavy atom. The number of likely N-dealkylation sites (N-methyl/N-ethyl adjacent to an activating group) is 1. The largest absolute Gasteiger partial charge is 0.371 e. The molecule has 0 radical (unpaired) electrons. The lowest BCUT2D eigenvalue weighted by Gasteiger charge is -2.18. The summed E-state index contributed by atoms with van der Waals surface area (Å²) in [6, 6.07) is 0. The number of anilines is 3. The van der Waals surface area contributed by atoms with Crippen LogP contribution in [0.5, 0.6) is 0 Å². The number of nitrogen functional groups attached to an aromatic ring is 1. The Balaban J connectivity index is 3.26. The number of nitrogens with zero attached hydrogens (tertiary/aromatic N) is 2. The first-order chi connectivity index (χ1) is 7.10. The van der Waals surface area contributed by atoms with Crippen molar-refractivity contribution in [3.8, 4) is 0 Å². The van der Waals surface area contributed by atoms with Crippen LogP contribution in [0.15, 0.2) is 17.4 Å². The zero-order chi connectivity index (χ0) is 11.4. The van der Waals surface area contributed by atoms with Gasteiger partial charge in [0, 0.05) is 20.6 Å². The molecule has 0 amide bonds. The molecular formula is C9H15N5O. The smallest absolute Gasteiger partial charge is 0.278 e. The summed E-state index contributed by atoms with van der Waals surface area (Å²) in [5.74, 6) is 0.556. The molecule has 0 aliphatic carbocycles. The standard InChI is InChI=1S/C9H15N5O/c1-4-5-14(3)6-7(11-2)12-9(10)13-8(6)15/h4H,1,5H2,2-3H3,(H4,10,11,12,13,15). The molecule has 15 heavy (non-hydrogen) atoms. The van der Waals surface area contributed by atoms with Gasteiger partial charge in [0.15, 0.2) is 5.82 Å². The van der Waals surface area contributed by atoms with Crippen molar-refractivity contribution in [3.63, 3.8) is 0 Å². The molecule has 82 valence electrons. The summed E-state index contributed by atoms with van der Waals surface area (Å²) >= 11 is 0. The number of hydrogen-bond donors (Lipinski definition) is 3. The van der Waals surface area contributed by atoms with Crippen LogP contribution in [0.1, 0.15) is 0 Å². The molecule has 0 bridgehead atoms. The Bertz CT molecular complexity index is 411. The van der Waals surface area contributed by atoms with Crippen LogP contribution >= 0.6 is 0 Å². The van der Waals surface area contributed by atoms with Gasteiger partial charge in [-0.1, -0.05) is 6.08 Å².